The molecule has 0 saturated carbocycles. The topological polar surface area (TPSA) is 72.9 Å². The first-order valence-electron chi connectivity index (χ1n) is 6.67. The molecule has 3 rings (SSSR count). The second-order valence-corrected chi connectivity index (χ2v) is 4.73. The molecule has 0 aliphatic carbocycles. The van der Waals surface area contributed by atoms with Gasteiger partial charge in [0, 0.05) is 37.1 Å². The fourth-order valence-corrected chi connectivity index (χ4v) is 2.13. The third-order valence-corrected chi connectivity index (χ3v) is 3.04. The Morgan fingerprint density at radius 2 is 2.20 bits per heavy atom. The molecule has 0 spiro atoms. The van der Waals surface area contributed by atoms with E-state index in [0.29, 0.717) is 12.3 Å². The van der Waals surface area contributed by atoms with Crippen molar-refractivity contribution in [2.45, 2.75) is 26.3 Å². The minimum atomic E-state index is 0.629. The van der Waals surface area contributed by atoms with Gasteiger partial charge in [-0.15, -0.1) is 0 Å². The molecule has 0 aromatic carbocycles. The number of anilines is 1. The third-order valence-electron chi connectivity index (χ3n) is 3.04. The van der Waals surface area contributed by atoms with Crippen molar-refractivity contribution in [2.75, 3.05) is 5.32 Å². The molecule has 0 saturated heterocycles. The standard InChI is InChI=1S/C13H17N7/c1-3-4-11-5-12(20-13(18-11)15-9-17-20)14-6-10-7-16-19(2)8-10/h5,7-9,14H,3-4,6H2,1-2H3. The maximum absolute atomic E-state index is 4.48. The molecule has 104 valence electrons. The van der Waals surface area contributed by atoms with E-state index in [0.717, 1.165) is 29.9 Å². The minimum absolute atomic E-state index is 0.629. The van der Waals surface area contributed by atoms with Gasteiger partial charge >= 0.3 is 0 Å². The van der Waals surface area contributed by atoms with Gasteiger partial charge in [-0.05, 0) is 6.42 Å². The fourth-order valence-electron chi connectivity index (χ4n) is 2.13. The fraction of sp³-hybridized carbons (Fsp3) is 0.385. The Bertz CT molecular complexity index is 712. The van der Waals surface area contributed by atoms with Gasteiger partial charge in [-0.2, -0.15) is 19.7 Å². The highest BCUT2D eigenvalue weighted by Gasteiger charge is 2.07. The van der Waals surface area contributed by atoms with Crippen molar-refractivity contribution in [1.82, 2.24) is 29.4 Å². The van der Waals surface area contributed by atoms with Crippen LogP contribution < -0.4 is 5.32 Å². The van der Waals surface area contributed by atoms with E-state index in [-0.39, 0.29) is 0 Å². The first-order valence-corrected chi connectivity index (χ1v) is 6.67. The zero-order valence-electron chi connectivity index (χ0n) is 11.6. The number of nitrogens with zero attached hydrogens (tertiary/aromatic N) is 6. The number of aryl methyl sites for hydroxylation is 2. The lowest BCUT2D eigenvalue weighted by Crippen LogP contribution is -2.07. The molecule has 1 N–H and O–H groups in total. The second-order valence-electron chi connectivity index (χ2n) is 4.73. The molecule has 3 aromatic heterocycles. The maximum atomic E-state index is 4.48. The molecule has 3 heterocycles. The van der Waals surface area contributed by atoms with Gasteiger partial charge in [0.2, 0.25) is 0 Å². The van der Waals surface area contributed by atoms with Crippen LogP contribution in [0.25, 0.3) is 5.78 Å². The molecular weight excluding hydrogens is 254 g/mol. The van der Waals surface area contributed by atoms with Gasteiger partial charge in [-0.3, -0.25) is 4.68 Å². The molecule has 3 aromatic rings. The van der Waals surface area contributed by atoms with Crippen LogP contribution in [0.5, 0.6) is 0 Å². The zero-order valence-corrected chi connectivity index (χ0v) is 11.6. The van der Waals surface area contributed by atoms with E-state index in [2.05, 4.69) is 32.4 Å². The summed E-state index contributed by atoms with van der Waals surface area (Å²) in [5.74, 6) is 1.53. The van der Waals surface area contributed by atoms with E-state index in [1.807, 2.05) is 25.5 Å². The molecule has 0 bridgehead atoms. The van der Waals surface area contributed by atoms with Gasteiger partial charge in [-0.1, -0.05) is 13.3 Å². The predicted molar refractivity (Wildman–Crippen MR) is 75.3 cm³/mol. The summed E-state index contributed by atoms with van der Waals surface area (Å²) in [5, 5.41) is 11.7. The Hall–Kier alpha value is -2.44. The van der Waals surface area contributed by atoms with Crippen molar-refractivity contribution in [3.8, 4) is 0 Å². The van der Waals surface area contributed by atoms with Gasteiger partial charge in [0.1, 0.15) is 12.1 Å². The Morgan fingerprint density at radius 3 is 2.95 bits per heavy atom. The summed E-state index contributed by atoms with van der Waals surface area (Å²) >= 11 is 0. The van der Waals surface area contributed by atoms with Crippen LogP contribution in [0.2, 0.25) is 0 Å². The summed E-state index contributed by atoms with van der Waals surface area (Å²) in [5.41, 5.74) is 2.15. The lowest BCUT2D eigenvalue weighted by Gasteiger charge is -2.08. The second kappa shape index (κ2) is 5.28. The molecule has 0 unspecified atom stereocenters. The Balaban J connectivity index is 1.87. The van der Waals surface area contributed by atoms with Crippen molar-refractivity contribution in [2.24, 2.45) is 7.05 Å². The normalized spacial score (nSPS) is 11.1. The lowest BCUT2D eigenvalue weighted by atomic mass is 10.2. The van der Waals surface area contributed by atoms with Crippen LogP contribution in [-0.4, -0.2) is 29.4 Å². The summed E-state index contributed by atoms with van der Waals surface area (Å²) in [7, 11) is 1.91. The third kappa shape index (κ3) is 2.47. The SMILES string of the molecule is CCCc1cc(NCc2cnn(C)c2)n2ncnc2n1. The average molecular weight is 271 g/mol. The molecule has 7 heteroatoms. The number of aromatic nitrogens is 6. The highest BCUT2D eigenvalue weighted by Crippen LogP contribution is 2.13. The molecule has 7 nitrogen and oxygen atoms in total. The van der Waals surface area contributed by atoms with E-state index in [1.54, 1.807) is 9.20 Å². The van der Waals surface area contributed by atoms with Crippen LogP contribution >= 0.6 is 0 Å². The predicted octanol–water partition coefficient (Wildman–Crippen LogP) is 1.42. The Labute approximate surface area is 116 Å². The van der Waals surface area contributed by atoms with Gasteiger partial charge in [-0.25, -0.2) is 4.98 Å². The molecule has 0 aliphatic heterocycles. The quantitative estimate of drug-likeness (QED) is 0.759. The van der Waals surface area contributed by atoms with Gasteiger partial charge in [0.15, 0.2) is 0 Å². The number of rotatable bonds is 5. The van der Waals surface area contributed by atoms with Crippen LogP contribution in [0.4, 0.5) is 5.82 Å². The number of hydrogen-bond donors (Lipinski definition) is 1. The minimum Gasteiger partial charge on any atom is -0.366 e. The number of hydrogen-bond acceptors (Lipinski definition) is 5. The smallest absolute Gasteiger partial charge is 0.254 e. The zero-order chi connectivity index (χ0) is 13.9. The van der Waals surface area contributed by atoms with E-state index < -0.39 is 0 Å². The van der Waals surface area contributed by atoms with E-state index >= 15 is 0 Å². The van der Waals surface area contributed by atoms with Crippen molar-refractivity contribution < 1.29 is 0 Å². The highest BCUT2D eigenvalue weighted by atomic mass is 15.4. The monoisotopic (exact) mass is 271 g/mol. The summed E-state index contributed by atoms with van der Waals surface area (Å²) in [4.78, 5) is 8.64. The molecule has 0 amide bonds. The first-order chi connectivity index (χ1) is 9.76. The van der Waals surface area contributed by atoms with E-state index in [4.69, 9.17) is 0 Å². The molecule has 0 aliphatic rings. The van der Waals surface area contributed by atoms with Gasteiger partial charge in [0.05, 0.1) is 6.20 Å². The van der Waals surface area contributed by atoms with Crippen LogP contribution in [0.15, 0.2) is 24.8 Å². The van der Waals surface area contributed by atoms with Crippen LogP contribution in [-0.2, 0) is 20.0 Å². The number of nitrogens with one attached hydrogen (secondary N) is 1. The Kier molecular flexibility index (Phi) is 3.32. The van der Waals surface area contributed by atoms with Crippen molar-refractivity contribution in [3.05, 3.63) is 36.0 Å². The maximum Gasteiger partial charge on any atom is 0.254 e. The van der Waals surface area contributed by atoms with Crippen molar-refractivity contribution in [3.63, 3.8) is 0 Å². The van der Waals surface area contributed by atoms with E-state index in [9.17, 15) is 0 Å². The Morgan fingerprint density at radius 1 is 1.30 bits per heavy atom. The van der Waals surface area contributed by atoms with Crippen molar-refractivity contribution >= 4 is 11.6 Å². The summed E-state index contributed by atoms with van der Waals surface area (Å²) < 4.78 is 3.51. The van der Waals surface area contributed by atoms with Crippen LogP contribution in [0.1, 0.15) is 24.6 Å². The van der Waals surface area contributed by atoms with E-state index in [1.165, 1.54) is 6.33 Å². The largest absolute Gasteiger partial charge is 0.366 e. The van der Waals surface area contributed by atoms with Crippen LogP contribution in [0.3, 0.4) is 0 Å². The molecule has 0 atom stereocenters. The molecule has 20 heavy (non-hydrogen) atoms. The summed E-state index contributed by atoms with van der Waals surface area (Å²) in [6.45, 7) is 2.83. The summed E-state index contributed by atoms with van der Waals surface area (Å²) in [6.07, 6.45) is 7.34. The molecule has 0 fully saturated rings. The average Bonchev–Trinajstić information content (AvgIpc) is 3.05. The summed E-state index contributed by atoms with van der Waals surface area (Å²) in [6, 6.07) is 2.03. The van der Waals surface area contributed by atoms with Crippen molar-refractivity contribution in [1.29, 1.82) is 0 Å². The number of fused-ring (bicyclic) bond motifs is 1. The van der Waals surface area contributed by atoms with Crippen LogP contribution in [0, 0.1) is 0 Å². The highest BCUT2D eigenvalue weighted by molar-refractivity contribution is 5.45. The molecular formula is C13H17N7. The van der Waals surface area contributed by atoms with Gasteiger partial charge in [0.25, 0.3) is 5.78 Å². The lowest BCUT2D eigenvalue weighted by molar-refractivity contribution is 0.767. The molecule has 0 radical (unpaired) electrons. The van der Waals surface area contributed by atoms with Gasteiger partial charge < -0.3 is 5.32 Å². The first kappa shape index (κ1) is 12.6.